The molecule has 5 nitrogen and oxygen atoms in total. The van der Waals surface area contributed by atoms with Gasteiger partial charge in [-0.1, -0.05) is 0 Å². The molecule has 0 aromatic carbocycles. The molecule has 1 aromatic heterocycles. The normalized spacial score (nSPS) is 10.3. The summed E-state index contributed by atoms with van der Waals surface area (Å²) in [5, 5.41) is 4.23. The lowest BCUT2D eigenvalue weighted by Gasteiger charge is -2.04. The molecular weight excluding hydrogens is 194 g/mol. The molecule has 0 saturated carbocycles. The molecule has 15 heavy (non-hydrogen) atoms. The maximum Gasteiger partial charge on any atom is 0.307 e. The van der Waals surface area contributed by atoms with Crippen LogP contribution in [0.4, 0.5) is 5.69 Å². The van der Waals surface area contributed by atoms with E-state index < -0.39 is 0 Å². The van der Waals surface area contributed by atoms with Crippen molar-refractivity contribution in [3.05, 3.63) is 11.4 Å². The number of carbonyl (C=O) groups is 1. The molecule has 0 unspecified atom stereocenters. The zero-order valence-corrected chi connectivity index (χ0v) is 9.41. The third-order valence-corrected chi connectivity index (χ3v) is 2.27. The second kappa shape index (κ2) is 4.82. The quantitative estimate of drug-likeness (QED) is 0.755. The summed E-state index contributed by atoms with van der Waals surface area (Å²) in [5.74, 6) is -0.205. The van der Waals surface area contributed by atoms with Crippen molar-refractivity contribution < 1.29 is 9.53 Å². The monoisotopic (exact) mass is 211 g/mol. The molecule has 84 valence electrons. The van der Waals surface area contributed by atoms with Crippen molar-refractivity contribution >= 4 is 11.7 Å². The fourth-order valence-corrected chi connectivity index (χ4v) is 1.36. The number of nitrogens with zero attached hydrogens (tertiary/aromatic N) is 2. The molecule has 1 heterocycles. The van der Waals surface area contributed by atoms with Gasteiger partial charge < -0.3 is 10.5 Å². The SMILES string of the molecule is CCOC(=O)CCn1nc(C)c(N)c1C. The van der Waals surface area contributed by atoms with E-state index in [1.54, 1.807) is 11.6 Å². The third-order valence-electron chi connectivity index (χ3n) is 2.27. The molecule has 0 spiro atoms. The number of hydrogen-bond acceptors (Lipinski definition) is 4. The van der Waals surface area contributed by atoms with Crippen molar-refractivity contribution in [1.29, 1.82) is 0 Å². The average molecular weight is 211 g/mol. The fourth-order valence-electron chi connectivity index (χ4n) is 1.36. The van der Waals surface area contributed by atoms with Gasteiger partial charge >= 0.3 is 5.97 Å². The van der Waals surface area contributed by atoms with Crippen molar-refractivity contribution in [2.24, 2.45) is 0 Å². The average Bonchev–Trinajstić information content (AvgIpc) is 2.43. The van der Waals surface area contributed by atoms with Gasteiger partial charge in [0.2, 0.25) is 0 Å². The van der Waals surface area contributed by atoms with Crippen LogP contribution in [0.5, 0.6) is 0 Å². The summed E-state index contributed by atoms with van der Waals surface area (Å²) >= 11 is 0. The Labute approximate surface area is 89.2 Å². The van der Waals surface area contributed by atoms with Crippen LogP contribution in [0.2, 0.25) is 0 Å². The number of carbonyl (C=O) groups excluding carboxylic acids is 1. The first-order valence-electron chi connectivity index (χ1n) is 5.01. The number of nitrogens with two attached hydrogens (primary N) is 1. The second-order valence-corrected chi connectivity index (χ2v) is 3.36. The molecule has 0 amide bonds. The van der Waals surface area contributed by atoms with Gasteiger partial charge in [0.05, 0.1) is 36.6 Å². The molecule has 1 rings (SSSR count). The first-order chi connectivity index (χ1) is 7.06. The van der Waals surface area contributed by atoms with Gasteiger partial charge in [-0.2, -0.15) is 5.10 Å². The Morgan fingerprint density at radius 1 is 1.53 bits per heavy atom. The van der Waals surface area contributed by atoms with Crippen LogP contribution in [0.3, 0.4) is 0 Å². The van der Waals surface area contributed by atoms with Crippen molar-refractivity contribution in [3.8, 4) is 0 Å². The standard InChI is InChI=1S/C10H17N3O2/c1-4-15-9(14)5-6-13-8(3)10(11)7(2)12-13/h4-6,11H2,1-3H3. The van der Waals surface area contributed by atoms with E-state index in [1.807, 2.05) is 13.8 Å². The molecule has 0 radical (unpaired) electrons. The topological polar surface area (TPSA) is 70.1 Å². The largest absolute Gasteiger partial charge is 0.466 e. The van der Waals surface area contributed by atoms with E-state index in [0.717, 1.165) is 11.4 Å². The summed E-state index contributed by atoms with van der Waals surface area (Å²) in [5.41, 5.74) is 8.16. The number of anilines is 1. The zero-order chi connectivity index (χ0) is 11.4. The van der Waals surface area contributed by atoms with E-state index in [-0.39, 0.29) is 5.97 Å². The first kappa shape index (κ1) is 11.6. The first-order valence-corrected chi connectivity index (χ1v) is 5.01. The van der Waals surface area contributed by atoms with Crippen LogP contribution in [0.25, 0.3) is 0 Å². The molecule has 0 bridgehead atoms. The number of ether oxygens (including phenoxy) is 1. The lowest BCUT2D eigenvalue weighted by atomic mass is 10.3. The van der Waals surface area contributed by atoms with Gasteiger partial charge in [0.15, 0.2) is 0 Å². The second-order valence-electron chi connectivity index (χ2n) is 3.36. The predicted octanol–water partition coefficient (Wildman–Crippen LogP) is 1.04. The van der Waals surface area contributed by atoms with Crippen molar-refractivity contribution in [1.82, 2.24) is 9.78 Å². The Kier molecular flexibility index (Phi) is 3.71. The summed E-state index contributed by atoms with van der Waals surface area (Å²) in [7, 11) is 0. The lowest BCUT2D eigenvalue weighted by molar-refractivity contribution is -0.143. The van der Waals surface area contributed by atoms with E-state index in [4.69, 9.17) is 10.5 Å². The highest BCUT2D eigenvalue weighted by Gasteiger charge is 2.09. The van der Waals surface area contributed by atoms with E-state index in [1.165, 1.54) is 0 Å². The molecule has 0 aliphatic carbocycles. The number of rotatable bonds is 4. The van der Waals surface area contributed by atoms with Crippen LogP contribution in [-0.2, 0) is 16.1 Å². The molecule has 2 N–H and O–H groups in total. The number of nitrogen functional groups attached to an aromatic ring is 1. The van der Waals surface area contributed by atoms with Crippen molar-refractivity contribution in [2.45, 2.75) is 33.7 Å². The molecule has 5 heteroatoms. The van der Waals surface area contributed by atoms with Gasteiger partial charge in [0.25, 0.3) is 0 Å². The minimum absolute atomic E-state index is 0.205. The Bertz CT molecular complexity index is 358. The maximum absolute atomic E-state index is 11.1. The van der Waals surface area contributed by atoms with Gasteiger partial charge in [-0.05, 0) is 20.8 Å². The van der Waals surface area contributed by atoms with Crippen LogP contribution >= 0.6 is 0 Å². The highest BCUT2D eigenvalue weighted by Crippen LogP contribution is 2.14. The van der Waals surface area contributed by atoms with Crippen LogP contribution in [-0.4, -0.2) is 22.4 Å². The molecule has 1 aromatic rings. The third kappa shape index (κ3) is 2.71. The predicted molar refractivity (Wildman–Crippen MR) is 57.4 cm³/mol. The Morgan fingerprint density at radius 2 is 2.20 bits per heavy atom. The Balaban J connectivity index is 2.58. The Hall–Kier alpha value is -1.52. The molecule has 0 atom stereocenters. The minimum atomic E-state index is -0.205. The van der Waals surface area contributed by atoms with Crippen LogP contribution in [0.1, 0.15) is 24.7 Å². The summed E-state index contributed by atoms with van der Waals surface area (Å²) in [6.07, 6.45) is 0.329. The minimum Gasteiger partial charge on any atom is -0.466 e. The summed E-state index contributed by atoms with van der Waals surface area (Å²) in [6, 6.07) is 0. The smallest absolute Gasteiger partial charge is 0.307 e. The van der Waals surface area contributed by atoms with E-state index in [9.17, 15) is 4.79 Å². The number of esters is 1. The van der Waals surface area contributed by atoms with Crippen LogP contribution in [0.15, 0.2) is 0 Å². The highest BCUT2D eigenvalue weighted by atomic mass is 16.5. The molecule has 0 saturated heterocycles. The fraction of sp³-hybridized carbons (Fsp3) is 0.600. The highest BCUT2D eigenvalue weighted by molar-refractivity contribution is 5.69. The van der Waals surface area contributed by atoms with Gasteiger partial charge in [-0.25, -0.2) is 0 Å². The number of aryl methyl sites for hydroxylation is 2. The molecular formula is C10H17N3O2. The van der Waals surface area contributed by atoms with Crippen molar-refractivity contribution in [2.75, 3.05) is 12.3 Å². The molecule has 0 fully saturated rings. The van der Waals surface area contributed by atoms with Crippen molar-refractivity contribution in [3.63, 3.8) is 0 Å². The van der Waals surface area contributed by atoms with Gasteiger partial charge in [-0.15, -0.1) is 0 Å². The molecule has 0 aliphatic rings. The molecule has 0 aliphatic heterocycles. The zero-order valence-electron chi connectivity index (χ0n) is 9.41. The summed E-state index contributed by atoms with van der Waals surface area (Å²) in [4.78, 5) is 11.1. The number of aromatic nitrogens is 2. The van der Waals surface area contributed by atoms with Gasteiger partial charge in [-0.3, -0.25) is 9.48 Å². The van der Waals surface area contributed by atoms with Crippen LogP contribution < -0.4 is 5.73 Å². The van der Waals surface area contributed by atoms with E-state index >= 15 is 0 Å². The Morgan fingerprint density at radius 3 is 2.67 bits per heavy atom. The summed E-state index contributed by atoms with van der Waals surface area (Å²) in [6.45, 7) is 6.46. The summed E-state index contributed by atoms with van der Waals surface area (Å²) < 4.78 is 6.57. The number of hydrogen-bond donors (Lipinski definition) is 1. The maximum atomic E-state index is 11.1. The lowest BCUT2D eigenvalue weighted by Crippen LogP contribution is -2.11. The van der Waals surface area contributed by atoms with E-state index in [2.05, 4.69) is 5.10 Å². The van der Waals surface area contributed by atoms with Gasteiger partial charge in [0, 0.05) is 0 Å². The van der Waals surface area contributed by atoms with E-state index in [0.29, 0.717) is 25.3 Å². The van der Waals surface area contributed by atoms with Crippen LogP contribution in [0, 0.1) is 13.8 Å². The van der Waals surface area contributed by atoms with Gasteiger partial charge in [0.1, 0.15) is 0 Å².